The molecule has 32 heteroatoms. The van der Waals surface area contributed by atoms with E-state index in [1.54, 1.807) is 132 Å². The smallest absolute Gasteiger partial charge is 0.284 e. The number of hydrogen-bond acceptors (Lipinski definition) is 20. The highest BCUT2D eigenvalue weighted by Gasteiger charge is 2.26. The van der Waals surface area contributed by atoms with Crippen LogP contribution in [0.3, 0.4) is 0 Å². The Balaban J connectivity index is 0.000000110. The average molecular weight is 1590 g/mol. The van der Waals surface area contributed by atoms with Gasteiger partial charge in [0.25, 0.3) is 20.0 Å². The SMILES string of the molecule is CCOc1cccc(-c2cnc3cnn(Cc4cnc5ccc(N=O)cn45)c3c2)c1.Cn1cc(-c2cnc3cnn(S(=O)(=O)c4ccc5ccccc5c4)c3c2)cn1.Cn1cc(-c2cnc3cnn(S(=O)(=O)c4cccc5ccccc45)c3c2)cn1.Nc1ccc2ncc(Cn3ncc4ncc(-c5cc(Cl)cc(Cl)c5)cc43)n2c1. The molecule has 0 aliphatic heterocycles. The van der Waals surface area contributed by atoms with Crippen LogP contribution in [0, 0.1) is 4.91 Å². The summed E-state index contributed by atoms with van der Waals surface area (Å²) in [5, 5.41) is 33.1. The quantitative estimate of drug-likeness (QED) is 0.0932. The number of hydrogen-bond donors (Lipinski definition) is 1. The molecule has 20 rings (SSSR count). The van der Waals surface area contributed by atoms with E-state index in [0.29, 0.717) is 68.6 Å². The molecule has 0 fully saturated rings. The molecule has 0 aliphatic rings. The molecule has 0 amide bonds. The van der Waals surface area contributed by atoms with Gasteiger partial charge in [0.15, 0.2) is 0 Å². The van der Waals surface area contributed by atoms with E-state index >= 15 is 0 Å². The van der Waals surface area contributed by atoms with Gasteiger partial charge in [0.2, 0.25) is 0 Å². The van der Waals surface area contributed by atoms with Crippen LogP contribution in [0.4, 0.5) is 11.4 Å². The molecule has 2 N–H and O–H groups in total. The van der Waals surface area contributed by atoms with E-state index < -0.39 is 20.0 Å². The van der Waals surface area contributed by atoms with E-state index in [1.807, 2.05) is 173 Å². The fourth-order valence-corrected chi connectivity index (χ4v) is 16.6. The molecule has 0 saturated carbocycles. The van der Waals surface area contributed by atoms with E-state index in [4.69, 9.17) is 33.7 Å². The minimum atomic E-state index is -3.90. The molecular formula is C82H62Cl2N22O6S2. The lowest BCUT2D eigenvalue weighted by Crippen LogP contribution is -2.14. The summed E-state index contributed by atoms with van der Waals surface area (Å²) in [7, 11) is -4.11. The molecule has 20 aromatic rings. The number of nitrogens with two attached hydrogens (primary N) is 1. The van der Waals surface area contributed by atoms with Crippen molar-refractivity contribution >= 4 is 132 Å². The van der Waals surface area contributed by atoms with Crippen LogP contribution >= 0.6 is 23.2 Å². The second-order valence-electron chi connectivity index (χ2n) is 26.4. The maximum atomic E-state index is 13.4. The number of benzene rings is 6. The van der Waals surface area contributed by atoms with E-state index in [0.717, 1.165) is 119 Å². The van der Waals surface area contributed by atoms with Crippen LogP contribution in [0.1, 0.15) is 18.3 Å². The van der Waals surface area contributed by atoms with E-state index in [-0.39, 0.29) is 9.79 Å². The van der Waals surface area contributed by atoms with Gasteiger partial charge < -0.3 is 14.9 Å². The number of nitroso groups, excluding NO2 is 1. The molecule has 0 unspecified atom stereocenters. The molecule has 14 aromatic heterocycles. The standard InChI is InChI=1S/C22H18N6O2.C20H14Cl2N6.2C20H15N5O2S/c1-2-30-19-5-3-4-15(8-19)16-9-21-20(23-10-16)12-25-28(21)14-18-11-24-22-7-6-17(26-29)13-27(18)22;21-14-3-12(4-15(22)6-14)13-5-19-18(24-7-13)9-26-28(19)11-17-8-25-20-2-1-16(23)10-27(17)20;1-24-13-16(11-22-24)15-9-19-18(21-10-15)12-23-25(19)28(26,27)20-8-4-6-14-5-2-3-7-17(14)20;1-24-13-17(11-22-24)16-9-20-19(21-10-16)12-23-25(20)28(26,27)18-7-6-14-4-2-3-5-15(14)8-18/h3-13H,2,14H2,1H3;1-10H,11,23H2;2*2-13H,1H3. The van der Waals surface area contributed by atoms with E-state index in [9.17, 15) is 21.7 Å². The monoisotopic (exact) mass is 1580 g/mol. The van der Waals surface area contributed by atoms with E-state index in [2.05, 4.69) is 71.7 Å². The third-order valence-corrected chi connectivity index (χ3v) is 22.6. The van der Waals surface area contributed by atoms with Crippen LogP contribution < -0.4 is 10.5 Å². The Morgan fingerprint density at radius 3 is 1.51 bits per heavy atom. The molecule has 0 atom stereocenters. The first-order chi connectivity index (χ1) is 55.4. The minimum Gasteiger partial charge on any atom is -0.494 e. The normalized spacial score (nSPS) is 11.7. The first kappa shape index (κ1) is 72.6. The topological polar surface area (TPSA) is 326 Å². The Bertz CT molecular complexity index is 7320. The van der Waals surface area contributed by atoms with Gasteiger partial charge in [-0.2, -0.15) is 55.6 Å². The lowest BCUT2D eigenvalue weighted by molar-refractivity contribution is 0.340. The third-order valence-electron chi connectivity index (χ3n) is 18.9. The zero-order valence-corrected chi connectivity index (χ0v) is 63.7. The fourth-order valence-electron chi connectivity index (χ4n) is 13.3. The van der Waals surface area contributed by atoms with Crippen LogP contribution in [0.15, 0.2) is 290 Å². The number of pyridine rings is 6. The van der Waals surface area contributed by atoms with Gasteiger partial charge in [-0.25, -0.2) is 9.97 Å². The van der Waals surface area contributed by atoms with Crippen molar-refractivity contribution in [3.8, 4) is 50.3 Å². The van der Waals surface area contributed by atoms with Gasteiger partial charge in [-0.1, -0.05) is 102 Å². The van der Waals surface area contributed by atoms with Crippen molar-refractivity contribution in [2.45, 2.75) is 29.8 Å². The first-order valence-corrected chi connectivity index (χ1v) is 39.0. The Kier molecular flexibility index (Phi) is 19.3. The summed E-state index contributed by atoms with van der Waals surface area (Å²) in [5.74, 6) is 0.828. The Morgan fingerprint density at radius 1 is 0.412 bits per heavy atom. The van der Waals surface area contributed by atoms with Crippen LogP contribution in [-0.2, 0) is 47.2 Å². The predicted molar refractivity (Wildman–Crippen MR) is 438 cm³/mol. The molecule has 114 heavy (non-hydrogen) atoms. The van der Waals surface area contributed by atoms with Gasteiger partial charge in [-0.05, 0) is 136 Å². The summed E-state index contributed by atoms with van der Waals surface area (Å²) < 4.78 is 72.1. The number of rotatable bonds is 15. The molecule has 6 aromatic carbocycles. The summed E-state index contributed by atoms with van der Waals surface area (Å²) in [6.07, 6.45) is 27.7. The van der Waals surface area contributed by atoms with E-state index in [1.165, 1.54) is 12.4 Å². The Labute approximate surface area is 658 Å². The van der Waals surface area contributed by atoms with Crippen LogP contribution in [0.2, 0.25) is 10.0 Å². The van der Waals surface area contributed by atoms with Crippen molar-refractivity contribution in [3.63, 3.8) is 0 Å². The molecule has 0 saturated heterocycles. The molecule has 0 bridgehead atoms. The maximum absolute atomic E-state index is 13.4. The van der Waals surface area contributed by atoms with Gasteiger partial charge >= 0.3 is 0 Å². The molecule has 28 nitrogen and oxygen atoms in total. The highest BCUT2D eigenvalue weighted by atomic mass is 35.5. The van der Waals surface area contributed by atoms with Crippen molar-refractivity contribution in [3.05, 3.63) is 301 Å². The predicted octanol–water partition coefficient (Wildman–Crippen LogP) is 15.7. The van der Waals surface area contributed by atoms with Crippen molar-refractivity contribution in [1.29, 1.82) is 0 Å². The third kappa shape index (κ3) is 14.5. The molecule has 0 radical (unpaired) electrons. The molecule has 0 aliphatic carbocycles. The second-order valence-corrected chi connectivity index (χ2v) is 30.8. The van der Waals surface area contributed by atoms with Gasteiger partial charge in [-0.15, -0.1) is 4.91 Å². The number of anilines is 1. The largest absolute Gasteiger partial charge is 0.494 e. The fraction of sp³-hybridized carbons (Fsp3) is 0.0732. The highest BCUT2D eigenvalue weighted by Crippen LogP contribution is 2.34. The van der Waals surface area contributed by atoms with Crippen molar-refractivity contribution in [2.75, 3.05) is 12.3 Å². The van der Waals surface area contributed by atoms with Crippen molar-refractivity contribution < 1.29 is 21.6 Å². The average Bonchev–Trinajstić information content (AvgIpc) is 1.50. The van der Waals surface area contributed by atoms with Gasteiger partial charge in [0.1, 0.15) is 55.8 Å². The van der Waals surface area contributed by atoms with Crippen LogP contribution in [0.5, 0.6) is 5.75 Å². The molecular weight excluding hydrogens is 1520 g/mol. The summed E-state index contributed by atoms with van der Waals surface area (Å²) >= 11 is 12.3. The summed E-state index contributed by atoms with van der Waals surface area (Å²) in [6, 6.07) is 53.5. The number of imidazole rings is 2. The zero-order valence-electron chi connectivity index (χ0n) is 60.6. The number of aromatic nitrogens is 20. The summed E-state index contributed by atoms with van der Waals surface area (Å²) in [5.41, 5.74) is 22.8. The zero-order chi connectivity index (χ0) is 78.4. The number of ether oxygens (including phenoxy) is 1. The first-order valence-electron chi connectivity index (χ1n) is 35.3. The number of nitrogen functional groups attached to an aromatic ring is 1. The summed E-state index contributed by atoms with van der Waals surface area (Å²) in [6.45, 7) is 3.61. The minimum absolute atomic E-state index is 0.183. The Hall–Kier alpha value is -14.2. The number of aryl methyl sites for hydroxylation is 2. The van der Waals surface area contributed by atoms with Crippen LogP contribution in [-0.4, -0.2) is 120 Å². The second kappa shape index (κ2) is 30.2. The van der Waals surface area contributed by atoms with Crippen molar-refractivity contribution in [1.82, 2.24) is 96.2 Å². The van der Waals surface area contributed by atoms with Gasteiger partial charge in [0.05, 0.1) is 101 Å². The maximum Gasteiger partial charge on any atom is 0.284 e. The van der Waals surface area contributed by atoms with Gasteiger partial charge in [0, 0.05) is 118 Å². The summed E-state index contributed by atoms with van der Waals surface area (Å²) in [4.78, 5) is 37.9. The lowest BCUT2D eigenvalue weighted by Gasteiger charge is -2.09. The molecule has 0 spiro atoms. The number of halogens is 2. The molecule has 562 valence electrons. The Morgan fingerprint density at radius 2 is 0.921 bits per heavy atom. The number of fused-ring (bicyclic) bond motifs is 8. The number of nitrogens with zero attached hydrogens (tertiary/aromatic N) is 21. The molecule has 14 heterocycles. The highest BCUT2D eigenvalue weighted by molar-refractivity contribution is 7.90. The van der Waals surface area contributed by atoms with Gasteiger partial charge in [-0.3, -0.25) is 43.1 Å². The lowest BCUT2D eigenvalue weighted by atomic mass is 10.1. The van der Waals surface area contributed by atoms with Crippen molar-refractivity contribution in [2.24, 2.45) is 19.3 Å². The van der Waals surface area contributed by atoms with Crippen LogP contribution in [0.25, 0.3) is 121 Å².